The van der Waals surface area contributed by atoms with Crippen LogP contribution in [0.1, 0.15) is 18.5 Å². The van der Waals surface area contributed by atoms with Crippen LogP contribution in [0.2, 0.25) is 0 Å². The monoisotopic (exact) mass is 304 g/mol. The molecular weight excluding hydrogens is 287 g/mol. The maximum atomic E-state index is 13.4. The summed E-state index contributed by atoms with van der Waals surface area (Å²) in [4.78, 5) is 13.8. The third kappa shape index (κ3) is 3.41. The molecule has 3 rings (SSSR count). The lowest BCUT2D eigenvalue weighted by Gasteiger charge is -2.14. The van der Waals surface area contributed by atoms with E-state index in [0.717, 1.165) is 25.9 Å². The van der Waals surface area contributed by atoms with Crippen molar-refractivity contribution in [3.05, 3.63) is 42.0 Å². The normalized spacial score (nSPS) is 14.3. The minimum Gasteiger partial charge on any atom is -0.484 e. The molecule has 1 aromatic carbocycles. The highest BCUT2D eigenvalue weighted by Crippen LogP contribution is 2.16. The molecule has 116 valence electrons. The van der Waals surface area contributed by atoms with Gasteiger partial charge in [-0.15, -0.1) is 5.10 Å². The number of nitrogens with zero attached hydrogens (tertiary/aromatic N) is 4. The number of carbonyl (C=O) groups is 1. The molecule has 6 nitrogen and oxygen atoms in total. The van der Waals surface area contributed by atoms with Gasteiger partial charge in [0.05, 0.1) is 6.20 Å². The van der Waals surface area contributed by atoms with Crippen LogP contribution in [0.3, 0.4) is 0 Å². The zero-order chi connectivity index (χ0) is 15.4. The fraction of sp³-hybridized carbons (Fsp3) is 0.400. The molecule has 1 fully saturated rings. The number of carbonyl (C=O) groups excluding carboxylic acids is 1. The van der Waals surface area contributed by atoms with Crippen LogP contribution in [0.15, 0.2) is 30.5 Å². The lowest BCUT2D eigenvalue weighted by molar-refractivity contribution is -0.130. The van der Waals surface area contributed by atoms with Crippen LogP contribution in [-0.4, -0.2) is 38.9 Å². The van der Waals surface area contributed by atoms with Gasteiger partial charge in [0.15, 0.2) is 11.6 Å². The highest BCUT2D eigenvalue weighted by atomic mass is 19.1. The number of para-hydroxylation sites is 1. The fourth-order valence-corrected chi connectivity index (χ4v) is 2.40. The van der Waals surface area contributed by atoms with Crippen molar-refractivity contribution < 1.29 is 13.9 Å². The van der Waals surface area contributed by atoms with E-state index in [0.29, 0.717) is 5.69 Å². The molecular formula is C15H17FN4O2. The summed E-state index contributed by atoms with van der Waals surface area (Å²) in [7, 11) is 0. The van der Waals surface area contributed by atoms with Crippen LogP contribution in [0, 0.1) is 5.82 Å². The molecule has 1 aromatic heterocycles. The molecule has 0 atom stereocenters. The Labute approximate surface area is 127 Å². The van der Waals surface area contributed by atoms with Crippen LogP contribution in [0.25, 0.3) is 0 Å². The molecule has 2 aromatic rings. The molecule has 0 aliphatic carbocycles. The number of amides is 1. The van der Waals surface area contributed by atoms with Crippen molar-refractivity contribution in [2.75, 3.05) is 13.1 Å². The Hall–Kier alpha value is -2.44. The molecule has 1 aliphatic rings. The van der Waals surface area contributed by atoms with Crippen molar-refractivity contribution in [2.45, 2.75) is 26.0 Å². The van der Waals surface area contributed by atoms with Gasteiger partial charge in [-0.1, -0.05) is 17.3 Å². The standard InChI is InChI=1S/C15H17FN4O2/c16-13-5-1-2-6-14(13)22-11-12-9-20(18-17-12)10-15(21)19-7-3-4-8-19/h1-2,5-6,9H,3-4,7-8,10-11H2. The smallest absolute Gasteiger partial charge is 0.244 e. The van der Waals surface area contributed by atoms with Gasteiger partial charge in [-0.05, 0) is 25.0 Å². The first-order valence-corrected chi connectivity index (χ1v) is 7.26. The summed E-state index contributed by atoms with van der Waals surface area (Å²) in [5.41, 5.74) is 0.553. The van der Waals surface area contributed by atoms with E-state index in [9.17, 15) is 9.18 Å². The first kappa shape index (κ1) is 14.5. The van der Waals surface area contributed by atoms with E-state index in [2.05, 4.69) is 10.3 Å². The molecule has 1 aliphatic heterocycles. The summed E-state index contributed by atoms with van der Waals surface area (Å²) in [5.74, 6) is -0.201. The third-order valence-electron chi connectivity index (χ3n) is 3.55. The molecule has 0 N–H and O–H groups in total. The molecule has 0 spiro atoms. The van der Waals surface area contributed by atoms with Crippen molar-refractivity contribution in [1.82, 2.24) is 19.9 Å². The van der Waals surface area contributed by atoms with Crippen molar-refractivity contribution in [2.24, 2.45) is 0 Å². The topological polar surface area (TPSA) is 60.3 Å². The first-order valence-electron chi connectivity index (χ1n) is 7.26. The highest BCUT2D eigenvalue weighted by molar-refractivity contribution is 5.76. The number of halogens is 1. The number of aromatic nitrogens is 3. The average Bonchev–Trinajstić information content (AvgIpc) is 3.18. The summed E-state index contributed by atoms with van der Waals surface area (Å²) in [6, 6.07) is 6.18. The van der Waals surface area contributed by atoms with Gasteiger partial charge in [0.1, 0.15) is 18.8 Å². The number of hydrogen-bond donors (Lipinski definition) is 0. The average molecular weight is 304 g/mol. The van der Waals surface area contributed by atoms with E-state index >= 15 is 0 Å². The molecule has 0 radical (unpaired) electrons. The highest BCUT2D eigenvalue weighted by Gasteiger charge is 2.18. The second kappa shape index (κ2) is 6.55. The second-order valence-electron chi connectivity index (χ2n) is 5.21. The van der Waals surface area contributed by atoms with Gasteiger partial charge in [0, 0.05) is 13.1 Å². The van der Waals surface area contributed by atoms with Crippen LogP contribution in [0.4, 0.5) is 4.39 Å². The van der Waals surface area contributed by atoms with Crippen LogP contribution in [-0.2, 0) is 17.9 Å². The van der Waals surface area contributed by atoms with Crippen molar-refractivity contribution in [3.8, 4) is 5.75 Å². The Balaban J connectivity index is 1.55. The van der Waals surface area contributed by atoms with Gasteiger partial charge in [0.2, 0.25) is 5.91 Å². The first-order chi connectivity index (χ1) is 10.7. The van der Waals surface area contributed by atoms with Crippen LogP contribution in [0.5, 0.6) is 5.75 Å². The predicted molar refractivity (Wildman–Crippen MR) is 76.6 cm³/mol. The summed E-state index contributed by atoms with van der Waals surface area (Å²) < 4.78 is 20.3. The number of benzene rings is 1. The SMILES string of the molecule is O=C(Cn1cc(COc2ccccc2F)nn1)N1CCCC1. The molecule has 0 bridgehead atoms. The lowest BCUT2D eigenvalue weighted by Crippen LogP contribution is -2.31. The minimum atomic E-state index is -0.417. The van der Waals surface area contributed by atoms with E-state index in [1.807, 2.05) is 4.90 Å². The number of likely N-dealkylation sites (tertiary alicyclic amines) is 1. The molecule has 1 saturated heterocycles. The molecule has 0 unspecified atom stereocenters. The minimum absolute atomic E-state index is 0.0453. The predicted octanol–water partition coefficient (Wildman–Crippen LogP) is 1.62. The summed E-state index contributed by atoms with van der Waals surface area (Å²) in [5, 5.41) is 7.84. The Bertz CT molecular complexity index is 652. The van der Waals surface area contributed by atoms with Crippen LogP contribution >= 0.6 is 0 Å². The molecule has 22 heavy (non-hydrogen) atoms. The zero-order valence-electron chi connectivity index (χ0n) is 12.1. The molecule has 2 heterocycles. The molecule has 0 saturated carbocycles. The number of rotatable bonds is 5. The Morgan fingerprint density at radius 2 is 2.05 bits per heavy atom. The fourth-order valence-electron chi connectivity index (χ4n) is 2.40. The summed E-state index contributed by atoms with van der Waals surface area (Å²) in [6.45, 7) is 1.92. The maximum absolute atomic E-state index is 13.4. The van der Waals surface area contributed by atoms with E-state index in [-0.39, 0.29) is 24.8 Å². The van der Waals surface area contributed by atoms with Crippen molar-refractivity contribution in [3.63, 3.8) is 0 Å². The lowest BCUT2D eigenvalue weighted by atomic mass is 10.3. The van der Waals surface area contributed by atoms with E-state index < -0.39 is 5.82 Å². The summed E-state index contributed by atoms with van der Waals surface area (Å²) in [6.07, 6.45) is 3.77. The van der Waals surface area contributed by atoms with Gasteiger partial charge < -0.3 is 9.64 Å². The largest absolute Gasteiger partial charge is 0.484 e. The van der Waals surface area contributed by atoms with Crippen molar-refractivity contribution in [1.29, 1.82) is 0 Å². The Kier molecular flexibility index (Phi) is 4.32. The second-order valence-corrected chi connectivity index (χ2v) is 5.21. The van der Waals surface area contributed by atoms with E-state index in [1.54, 1.807) is 24.4 Å². The van der Waals surface area contributed by atoms with Crippen LogP contribution < -0.4 is 4.74 Å². The number of ether oxygens (including phenoxy) is 1. The zero-order valence-corrected chi connectivity index (χ0v) is 12.1. The number of hydrogen-bond acceptors (Lipinski definition) is 4. The Morgan fingerprint density at radius 1 is 1.27 bits per heavy atom. The van der Waals surface area contributed by atoms with Gasteiger partial charge in [-0.2, -0.15) is 0 Å². The van der Waals surface area contributed by atoms with Gasteiger partial charge in [-0.25, -0.2) is 9.07 Å². The third-order valence-corrected chi connectivity index (χ3v) is 3.55. The van der Waals surface area contributed by atoms with Crippen molar-refractivity contribution >= 4 is 5.91 Å². The Morgan fingerprint density at radius 3 is 2.82 bits per heavy atom. The van der Waals surface area contributed by atoms with Gasteiger partial charge >= 0.3 is 0 Å². The molecule has 7 heteroatoms. The molecule has 1 amide bonds. The van der Waals surface area contributed by atoms with Gasteiger partial charge in [-0.3, -0.25) is 4.79 Å². The van der Waals surface area contributed by atoms with E-state index in [4.69, 9.17) is 4.74 Å². The quantitative estimate of drug-likeness (QED) is 0.842. The summed E-state index contributed by atoms with van der Waals surface area (Å²) >= 11 is 0. The van der Waals surface area contributed by atoms with E-state index in [1.165, 1.54) is 10.7 Å². The maximum Gasteiger partial charge on any atom is 0.244 e. The van der Waals surface area contributed by atoms with Gasteiger partial charge in [0.25, 0.3) is 0 Å².